The molecule has 2 aromatic rings. The summed E-state index contributed by atoms with van der Waals surface area (Å²) >= 11 is 0. The minimum Gasteiger partial charge on any atom is -0.382 e. The lowest BCUT2D eigenvalue weighted by Crippen LogP contribution is -2.47. The van der Waals surface area contributed by atoms with E-state index in [1.807, 2.05) is 12.3 Å². The predicted molar refractivity (Wildman–Crippen MR) is 128 cm³/mol. The van der Waals surface area contributed by atoms with E-state index in [9.17, 15) is 4.79 Å². The number of H-pyrrole nitrogens is 1. The van der Waals surface area contributed by atoms with Crippen molar-refractivity contribution in [3.63, 3.8) is 0 Å². The van der Waals surface area contributed by atoms with Crippen LogP contribution in [0.15, 0.2) is 33.1 Å². The van der Waals surface area contributed by atoms with Gasteiger partial charge in [0.05, 0.1) is 0 Å². The van der Waals surface area contributed by atoms with E-state index >= 15 is 0 Å². The van der Waals surface area contributed by atoms with Crippen LogP contribution >= 0.6 is 0 Å². The summed E-state index contributed by atoms with van der Waals surface area (Å²) in [6.45, 7) is 13.4. The smallest absolute Gasteiger partial charge is 0.327 e. The number of amidine groups is 1. The Morgan fingerprint density at radius 1 is 1.31 bits per heavy atom. The molecule has 0 saturated carbocycles. The summed E-state index contributed by atoms with van der Waals surface area (Å²) in [5, 5.41) is 0. The number of anilines is 1. The van der Waals surface area contributed by atoms with Crippen LogP contribution in [0.4, 0.5) is 11.6 Å². The normalized spacial score (nSPS) is 15.3. The van der Waals surface area contributed by atoms with Crippen LogP contribution in [0, 0.1) is 6.92 Å². The molecular formula is C22H34N8O2. The molecule has 174 valence electrons. The molecule has 3 heterocycles. The highest BCUT2D eigenvalue weighted by molar-refractivity contribution is 5.99. The van der Waals surface area contributed by atoms with Gasteiger partial charge < -0.3 is 20.4 Å². The number of aromatic nitrogens is 3. The van der Waals surface area contributed by atoms with Gasteiger partial charge in [-0.25, -0.2) is 19.8 Å². The SMILES string of the molecule is C=Nc1c(/C(N)=N\COCCCC)[nH]c(=O)n1CCN1CCN(c2cc(C)ccn2)CC1. The number of aliphatic imine (C=N–C) groups is 2. The fourth-order valence-electron chi connectivity index (χ4n) is 3.65. The molecule has 0 amide bonds. The summed E-state index contributed by atoms with van der Waals surface area (Å²) in [6, 6.07) is 4.12. The number of imidazole rings is 1. The first-order valence-electron chi connectivity index (χ1n) is 11.1. The minimum atomic E-state index is -0.268. The molecule has 1 fully saturated rings. The third-order valence-electron chi connectivity index (χ3n) is 5.57. The van der Waals surface area contributed by atoms with Crippen LogP contribution in [0.3, 0.4) is 0 Å². The van der Waals surface area contributed by atoms with Crippen molar-refractivity contribution >= 4 is 24.2 Å². The second kappa shape index (κ2) is 11.6. The summed E-state index contributed by atoms with van der Waals surface area (Å²) in [4.78, 5) is 32.6. The number of rotatable bonds is 11. The lowest BCUT2D eigenvalue weighted by Gasteiger charge is -2.35. The molecule has 0 spiro atoms. The molecule has 0 bridgehead atoms. The van der Waals surface area contributed by atoms with Crippen molar-refractivity contribution < 1.29 is 4.74 Å². The maximum atomic E-state index is 12.5. The number of nitrogens with two attached hydrogens (primary N) is 1. The Bertz CT molecular complexity index is 973. The zero-order valence-corrected chi connectivity index (χ0v) is 19.1. The molecule has 3 rings (SSSR count). The van der Waals surface area contributed by atoms with Crippen LogP contribution in [-0.2, 0) is 11.3 Å². The molecule has 10 heteroatoms. The summed E-state index contributed by atoms with van der Waals surface area (Å²) in [5.41, 5.74) is 7.39. The van der Waals surface area contributed by atoms with Gasteiger partial charge in [-0.05, 0) is 37.8 Å². The van der Waals surface area contributed by atoms with Crippen molar-refractivity contribution in [2.45, 2.75) is 33.2 Å². The van der Waals surface area contributed by atoms with Gasteiger partial charge in [0.2, 0.25) is 0 Å². The van der Waals surface area contributed by atoms with E-state index in [0.717, 1.165) is 51.4 Å². The van der Waals surface area contributed by atoms with Crippen LogP contribution in [0.5, 0.6) is 0 Å². The van der Waals surface area contributed by atoms with Crippen molar-refractivity contribution in [2.24, 2.45) is 15.7 Å². The average molecular weight is 443 g/mol. The maximum absolute atomic E-state index is 12.5. The van der Waals surface area contributed by atoms with Crippen molar-refractivity contribution in [1.29, 1.82) is 0 Å². The van der Waals surface area contributed by atoms with Gasteiger partial charge in [0.25, 0.3) is 0 Å². The fraction of sp³-hybridized carbons (Fsp3) is 0.545. The largest absolute Gasteiger partial charge is 0.382 e. The van der Waals surface area contributed by atoms with E-state index < -0.39 is 0 Å². The third-order valence-corrected chi connectivity index (χ3v) is 5.57. The van der Waals surface area contributed by atoms with E-state index in [-0.39, 0.29) is 18.3 Å². The summed E-state index contributed by atoms with van der Waals surface area (Å²) < 4.78 is 6.99. The number of pyridine rings is 1. The topological polar surface area (TPSA) is 117 Å². The molecule has 32 heavy (non-hydrogen) atoms. The van der Waals surface area contributed by atoms with Crippen molar-refractivity contribution in [3.05, 3.63) is 40.1 Å². The lowest BCUT2D eigenvalue weighted by atomic mass is 10.2. The highest BCUT2D eigenvalue weighted by Crippen LogP contribution is 2.17. The van der Waals surface area contributed by atoms with Crippen LogP contribution in [0.2, 0.25) is 0 Å². The molecule has 10 nitrogen and oxygen atoms in total. The Labute approximate surface area is 188 Å². The van der Waals surface area contributed by atoms with Crippen LogP contribution in [-0.4, -0.2) is 78.0 Å². The molecule has 0 aliphatic carbocycles. The number of nitrogens with zero attached hydrogens (tertiary/aromatic N) is 6. The summed E-state index contributed by atoms with van der Waals surface area (Å²) in [5.74, 6) is 1.62. The molecule has 0 unspecified atom stereocenters. The van der Waals surface area contributed by atoms with Crippen molar-refractivity contribution in [3.8, 4) is 0 Å². The molecular weight excluding hydrogens is 408 g/mol. The van der Waals surface area contributed by atoms with Gasteiger partial charge in [-0.3, -0.25) is 9.47 Å². The minimum absolute atomic E-state index is 0.149. The highest BCUT2D eigenvalue weighted by atomic mass is 16.5. The Balaban J connectivity index is 1.57. The third kappa shape index (κ3) is 6.04. The van der Waals surface area contributed by atoms with Gasteiger partial charge in [-0.2, -0.15) is 0 Å². The molecule has 1 saturated heterocycles. The number of hydrogen-bond donors (Lipinski definition) is 2. The number of unbranched alkanes of at least 4 members (excludes halogenated alkanes) is 1. The Kier molecular flexibility index (Phi) is 8.57. The van der Waals surface area contributed by atoms with Gasteiger partial charge in [0, 0.05) is 52.1 Å². The van der Waals surface area contributed by atoms with Gasteiger partial charge in [0.1, 0.15) is 24.1 Å². The van der Waals surface area contributed by atoms with Crippen LogP contribution in [0.1, 0.15) is 31.0 Å². The van der Waals surface area contributed by atoms with Gasteiger partial charge in [-0.1, -0.05) is 13.3 Å². The number of nitrogens with one attached hydrogen (secondary N) is 1. The van der Waals surface area contributed by atoms with Crippen LogP contribution in [0.25, 0.3) is 0 Å². The van der Waals surface area contributed by atoms with Gasteiger partial charge in [0.15, 0.2) is 5.82 Å². The lowest BCUT2D eigenvalue weighted by molar-refractivity contribution is 0.139. The quantitative estimate of drug-likeness (QED) is 0.310. The highest BCUT2D eigenvalue weighted by Gasteiger charge is 2.20. The Morgan fingerprint density at radius 2 is 2.09 bits per heavy atom. The molecule has 1 aliphatic heterocycles. The molecule has 2 aromatic heterocycles. The van der Waals surface area contributed by atoms with E-state index in [1.165, 1.54) is 5.56 Å². The molecule has 0 atom stereocenters. The summed E-state index contributed by atoms with van der Waals surface area (Å²) in [7, 11) is 0. The van der Waals surface area contributed by atoms with Gasteiger partial charge in [-0.15, -0.1) is 0 Å². The Morgan fingerprint density at radius 3 is 2.78 bits per heavy atom. The molecule has 0 aromatic carbocycles. The Hall–Kier alpha value is -2.98. The first kappa shape index (κ1) is 23.7. The van der Waals surface area contributed by atoms with Crippen molar-refractivity contribution in [2.75, 3.05) is 51.0 Å². The number of piperazine rings is 1. The standard InChI is InChI=1S/C22H34N8O2/c1-4-5-14-32-16-26-20(23)19-21(24-3)30(22(31)27-19)13-10-28-8-11-29(12-9-28)18-15-17(2)6-7-25-18/h6-7,15H,3-5,8-14,16H2,1-2H3,(H2,23,26)(H,27,31). The first-order valence-corrected chi connectivity index (χ1v) is 11.1. The van der Waals surface area contributed by atoms with Crippen molar-refractivity contribution in [1.82, 2.24) is 19.4 Å². The number of aryl methyl sites for hydroxylation is 1. The van der Waals surface area contributed by atoms with Crippen LogP contribution < -0.4 is 16.3 Å². The van der Waals surface area contributed by atoms with E-state index in [1.54, 1.807) is 4.57 Å². The molecule has 0 radical (unpaired) electrons. The summed E-state index contributed by atoms with van der Waals surface area (Å²) in [6.07, 6.45) is 3.87. The van der Waals surface area contributed by atoms with E-state index in [2.05, 4.69) is 56.4 Å². The zero-order chi connectivity index (χ0) is 22.9. The number of ether oxygens (including phenoxy) is 1. The number of aromatic amines is 1. The first-order chi connectivity index (χ1) is 15.5. The molecule has 1 aliphatic rings. The fourth-order valence-corrected chi connectivity index (χ4v) is 3.65. The van der Waals surface area contributed by atoms with E-state index in [0.29, 0.717) is 24.7 Å². The maximum Gasteiger partial charge on any atom is 0.327 e. The van der Waals surface area contributed by atoms with E-state index in [4.69, 9.17) is 10.5 Å². The second-order valence-corrected chi connectivity index (χ2v) is 7.89. The monoisotopic (exact) mass is 442 g/mol. The average Bonchev–Trinajstić information content (AvgIpc) is 3.13. The number of hydrogen-bond acceptors (Lipinski definition) is 7. The zero-order valence-electron chi connectivity index (χ0n) is 19.1. The second-order valence-electron chi connectivity index (χ2n) is 7.89. The molecule has 3 N–H and O–H groups in total. The van der Waals surface area contributed by atoms with Gasteiger partial charge >= 0.3 is 5.69 Å². The predicted octanol–water partition coefficient (Wildman–Crippen LogP) is 1.51.